The number of benzene rings is 2. The molecular formula is C19H19N3O4. The van der Waals surface area contributed by atoms with Crippen molar-refractivity contribution >= 4 is 5.91 Å². The van der Waals surface area contributed by atoms with E-state index in [-0.39, 0.29) is 19.1 Å². The van der Waals surface area contributed by atoms with Crippen LogP contribution in [0.3, 0.4) is 0 Å². The van der Waals surface area contributed by atoms with Crippen LogP contribution in [0.15, 0.2) is 53.1 Å². The van der Waals surface area contributed by atoms with E-state index >= 15 is 0 Å². The van der Waals surface area contributed by atoms with Crippen LogP contribution < -0.4 is 14.8 Å². The molecule has 0 unspecified atom stereocenters. The van der Waals surface area contributed by atoms with Gasteiger partial charge in [-0.25, -0.2) is 0 Å². The smallest absolute Gasteiger partial charge is 0.258 e. The average Bonchev–Trinajstić information content (AvgIpc) is 3.14. The quantitative estimate of drug-likeness (QED) is 0.703. The zero-order valence-electron chi connectivity index (χ0n) is 14.6. The van der Waals surface area contributed by atoms with Crippen molar-refractivity contribution in [1.29, 1.82) is 0 Å². The minimum absolute atomic E-state index is 0.119. The molecule has 0 aliphatic carbocycles. The second kappa shape index (κ2) is 8.15. The molecule has 1 aromatic heterocycles. The Labute approximate surface area is 150 Å². The zero-order chi connectivity index (χ0) is 18.4. The third-order valence-corrected chi connectivity index (χ3v) is 3.59. The van der Waals surface area contributed by atoms with Crippen LogP contribution in [0, 0.1) is 6.92 Å². The molecule has 3 rings (SSSR count). The Morgan fingerprint density at radius 3 is 2.77 bits per heavy atom. The average molecular weight is 353 g/mol. The standard InChI is InChI=1S/C19H19N3O4/c1-13-5-3-6-14(9-13)19-21-18(26-22-19)11-20-17(23)12-25-16-8-4-7-15(10-16)24-2/h3-10H,11-12H2,1-2H3,(H,20,23). The van der Waals surface area contributed by atoms with E-state index in [9.17, 15) is 4.79 Å². The summed E-state index contributed by atoms with van der Waals surface area (Å²) >= 11 is 0. The number of rotatable bonds is 7. The lowest BCUT2D eigenvalue weighted by molar-refractivity contribution is -0.123. The van der Waals surface area contributed by atoms with Gasteiger partial charge < -0.3 is 19.3 Å². The first-order valence-electron chi connectivity index (χ1n) is 8.07. The lowest BCUT2D eigenvalue weighted by Gasteiger charge is -2.07. The second-order valence-corrected chi connectivity index (χ2v) is 5.63. The van der Waals surface area contributed by atoms with E-state index in [0.717, 1.165) is 11.1 Å². The number of carbonyl (C=O) groups excluding carboxylic acids is 1. The molecular weight excluding hydrogens is 334 g/mol. The van der Waals surface area contributed by atoms with E-state index in [1.165, 1.54) is 0 Å². The van der Waals surface area contributed by atoms with E-state index in [1.54, 1.807) is 31.4 Å². The van der Waals surface area contributed by atoms with E-state index < -0.39 is 0 Å². The highest BCUT2D eigenvalue weighted by atomic mass is 16.5. The molecule has 3 aromatic rings. The van der Waals surface area contributed by atoms with Crippen LogP contribution in [-0.4, -0.2) is 29.8 Å². The Kier molecular flexibility index (Phi) is 5.48. The van der Waals surface area contributed by atoms with Gasteiger partial charge in [-0.2, -0.15) is 4.98 Å². The van der Waals surface area contributed by atoms with Crippen molar-refractivity contribution in [3.05, 3.63) is 60.0 Å². The number of carbonyl (C=O) groups is 1. The van der Waals surface area contributed by atoms with Crippen molar-refractivity contribution in [3.63, 3.8) is 0 Å². The molecule has 0 saturated carbocycles. The number of aromatic nitrogens is 2. The number of hydrogen-bond donors (Lipinski definition) is 1. The van der Waals surface area contributed by atoms with Crippen molar-refractivity contribution in [2.75, 3.05) is 13.7 Å². The van der Waals surface area contributed by atoms with Gasteiger partial charge in [0.2, 0.25) is 11.7 Å². The van der Waals surface area contributed by atoms with Crippen LogP contribution in [-0.2, 0) is 11.3 Å². The minimum Gasteiger partial charge on any atom is -0.497 e. The molecule has 1 amide bonds. The molecule has 26 heavy (non-hydrogen) atoms. The Hall–Kier alpha value is -3.35. The minimum atomic E-state index is -0.289. The van der Waals surface area contributed by atoms with Gasteiger partial charge >= 0.3 is 0 Å². The van der Waals surface area contributed by atoms with Crippen LogP contribution in [0.2, 0.25) is 0 Å². The van der Waals surface area contributed by atoms with Crippen LogP contribution in [0.1, 0.15) is 11.5 Å². The van der Waals surface area contributed by atoms with Gasteiger partial charge in [-0.3, -0.25) is 4.79 Å². The van der Waals surface area contributed by atoms with Crippen LogP contribution >= 0.6 is 0 Å². The maximum Gasteiger partial charge on any atom is 0.258 e. The van der Waals surface area contributed by atoms with Gasteiger partial charge in [0, 0.05) is 11.6 Å². The normalized spacial score (nSPS) is 10.4. The van der Waals surface area contributed by atoms with Gasteiger partial charge in [-0.05, 0) is 25.1 Å². The molecule has 0 spiro atoms. The highest BCUT2D eigenvalue weighted by Gasteiger charge is 2.10. The highest BCUT2D eigenvalue weighted by molar-refractivity contribution is 5.77. The van der Waals surface area contributed by atoms with E-state index in [4.69, 9.17) is 14.0 Å². The first kappa shape index (κ1) is 17.5. The summed E-state index contributed by atoms with van der Waals surface area (Å²) in [5.74, 6) is 1.75. The van der Waals surface area contributed by atoms with Crippen molar-refractivity contribution in [3.8, 4) is 22.9 Å². The van der Waals surface area contributed by atoms with E-state index in [1.807, 2.05) is 31.2 Å². The van der Waals surface area contributed by atoms with Crippen LogP contribution in [0.25, 0.3) is 11.4 Å². The SMILES string of the molecule is COc1cccc(OCC(=O)NCc2nc(-c3cccc(C)c3)no2)c1. The van der Waals surface area contributed by atoms with Crippen molar-refractivity contribution in [2.24, 2.45) is 0 Å². The van der Waals surface area contributed by atoms with E-state index in [2.05, 4.69) is 15.5 Å². The largest absolute Gasteiger partial charge is 0.497 e. The fourth-order valence-corrected chi connectivity index (χ4v) is 2.29. The van der Waals surface area contributed by atoms with Gasteiger partial charge in [0.15, 0.2) is 6.61 Å². The van der Waals surface area contributed by atoms with Gasteiger partial charge in [-0.15, -0.1) is 0 Å². The van der Waals surface area contributed by atoms with Gasteiger partial charge in [-0.1, -0.05) is 35.0 Å². The highest BCUT2D eigenvalue weighted by Crippen LogP contribution is 2.19. The summed E-state index contributed by atoms with van der Waals surface area (Å²) < 4.78 is 15.7. The number of ether oxygens (including phenoxy) is 2. The molecule has 0 fully saturated rings. The molecule has 2 aromatic carbocycles. The third-order valence-electron chi connectivity index (χ3n) is 3.59. The number of methoxy groups -OCH3 is 1. The number of nitrogens with zero attached hydrogens (tertiary/aromatic N) is 2. The van der Waals surface area contributed by atoms with Gasteiger partial charge in [0.05, 0.1) is 13.7 Å². The number of aryl methyl sites for hydroxylation is 1. The first-order valence-corrected chi connectivity index (χ1v) is 8.07. The predicted molar refractivity (Wildman–Crippen MR) is 94.8 cm³/mol. The van der Waals surface area contributed by atoms with Gasteiger partial charge in [0.25, 0.3) is 5.91 Å². The Morgan fingerprint density at radius 2 is 1.96 bits per heavy atom. The Morgan fingerprint density at radius 1 is 1.15 bits per heavy atom. The Bertz CT molecular complexity index is 892. The maximum absolute atomic E-state index is 11.9. The lowest BCUT2D eigenvalue weighted by Crippen LogP contribution is -2.28. The molecule has 7 nitrogen and oxygen atoms in total. The lowest BCUT2D eigenvalue weighted by atomic mass is 10.1. The fourth-order valence-electron chi connectivity index (χ4n) is 2.29. The van der Waals surface area contributed by atoms with Crippen LogP contribution in [0.4, 0.5) is 0 Å². The predicted octanol–water partition coefficient (Wildman–Crippen LogP) is 2.75. The third kappa shape index (κ3) is 4.60. The van der Waals surface area contributed by atoms with Crippen LogP contribution in [0.5, 0.6) is 11.5 Å². The summed E-state index contributed by atoms with van der Waals surface area (Å²) in [4.78, 5) is 16.2. The molecule has 134 valence electrons. The first-order chi connectivity index (χ1) is 12.6. The van der Waals surface area contributed by atoms with Crippen molar-refractivity contribution < 1.29 is 18.8 Å². The topological polar surface area (TPSA) is 86.5 Å². The monoisotopic (exact) mass is 353 g/mol. The second-order valence-electron chi connectivity index (χ2n) is 5.63. The molecule has 1 N–H and O–H groups in total. The number of nitrogens with one attached hydrogen (secondary N) is 1. The molecule has 0 saturated heterocycles. The van der Waals surface area contributed by atoms with Crippen molar-refractivity contribution in [1.82, 2.24) is 15.5 Å². The fraction of sp³-hybridized carbons (Fsp3) is 0.211. The summed E-state index contributed by atoms with van der Waals surface area (Å²) in [6, 6.07) is 14.8. The summed E-state index contributed by atoms with van der Waals surface area (Å²) in [6.07, 6.45) is 0. The summed E-state index contributed by atoms with van der Waals surface area (Å²) in [7, 11) is 1.57. The molecule has 0 radical (unpaired) electrons. The van der Waals surface area contributed by atoms with E-state index in [0.29, 0.717) is 23.2 Å². The number of hydrogen-bond acceptors (Lipinski definition) is 6. The molecule has 0 bridgehead atoms. The molecule has 0 aliphatic heterocycles. The maximum atomic E-state index is 11.9. The molecule has 7 heteroatoms. The molecule has 0 atom stereocenters. The van der Waals surface area contributed by atoms with Crippen molar-refractivity contribution in [2.45, 2.75) is 13.5 Å². The van der Waals surface area contributed by atoms with Gasteiger partial charge in [0.1, 0.15) is 11.5 Å². The summed E-state index contributed by atoms with van der Waals surface area (Å²) in [6.45, 7) is 2.01. The Balaban J connectivity index is 1.50. The molecule has 0 aliphatic rings. The summed E-state index contributed by atoms with van der Waals surface area (Å²) in [5.41, 5.74) is 1.98. The number of amides is 1. The summed E-state index contributed by atoms with van der Waals surface area (Å²) in [5, 5.41) is 6.62. The molecule has 1 heterocycles. The zero-order valence-corrected chi connectivity index (χ0v) is 14.6.